The van der Waals surface area contributed by atoms with E-state index in [0.29, 0.717) is 17.7 Å². The maximum absolute atomic E-state index is 13.9. The summed E-state index contributed by atoms with van der Waals surface area (Å²) in [6.45, 7) is 1.96. The number of nitrogens with one attached hydrogen (secondary N) is 1. The Morgan fingerprint density at radius 1 is 1.28 bits per heavy atom. The SMILES string of the molecule is CN=C(NCc1cc(C#N)ccc1F)N1CCc2ccccc2C1.I. The monoisotopic (exact) mass is 450 g/mol. The Labute approximate surface area is 164 Å². The number of rotatable bonds is 2. The van der Waals surface area contributed by atoms with Crippen molar-refractivity contribution in [2.24, 2.45) is 4.99 Å². The number of hydrogen-bond donors (Lipinski definition) is 1. The summed E-state index contributed by atoms with van der Waals surface area (Å²) in [6, 6.07) is 14.8. The lowest BCUT2D eigenvalue weighted by Gasteiger charge is -2.31. The zero-order valence-electron chi connectivity index (χ0n) is 14.0. The van der Waals surface area contributed by atoms with Crippen LogP contribution in [-0.2, 0) is 19.5 Å². The average molecular weight is 450 g/mol. The molecule has 1 N–H and O–H groups in total. The molecule has 0 bridgehead atoms. The van der Waals surface area contributed by atoms with Crippen LogP contribution >= 0.6 is 24.0 Å². The number of hydrogen-bond acceptors (Lipinski definition) is 2. The van der Waals surface area contributed by atoms with Gasteiger partial charge in [-0.2, -0.15) is 5.26 Å². The second-order valence-electron chi connectivity index (χ2n) is 5.76. The van der Waals surface area contributed by atoms with Crippen LogP contribution in [0.4, 0.5) is 4.39 Å². The summed E-state index contributed by atoms with van der Waals surface area (Å²) >= 11 is 0. The van der Waals surface area contributed by atoms with Gasteiger partial charge in [-0.3, -0.25) is 4.99 Å². The van der Waals surface area contributed by atoms with E-state index >= 15 is 0 Å². The summed E-state index contributed by atoms with van der Waals surface area (Å²) in [4.78, 5) is 6.48. The van der Waals surface area contributed by atoms with E-state index < -0.39 is 0 Å². The van der Waals surface area contributed by atoms with Gasteiger partial charge in [0.1, 0.15) is 5.82 Å². The first-order chi connectivity index (χ1) is 11.7. The van der Waals surface area contributed by atoms with Gasteiger partial charge in [0.05, 0.1) is 11.6 Å². The molecule has 0 unspecified atom stereocenters. The van der Waals surface area contributed by atoms with Crippen LogP contribution in [0.2, 0.25) is 0 Å². The van der Waals surface area contributed by atoms with Gasteiger partial charge in [-0.15, -0.1) is 24.0 Å². The van der Waals surface area contributed by atoms with Crippen molar-refractivity contribution in [1.82, 2.24) is 10.2 Å². The highest BCUT2D eigenvalue weighted by Crippen LogP contribution is 2.18. The summed E-state index contributed by atoms with van der Waals surface area (Å²) in [5.74, 6) is 0.423. The Kier molecular flexibility index (Phi) is 6.76. The van der Waals surface area contributed by atoms with Crippen LogP contribution in [0.3, 0.4) is 0 Å². The fraction of sp³-hybridized carbons (Fsp3) is 0.263. The predicted octanol–water partition coefficient (Wildman–Crippen LogP) is 3.45. The summed E-state index contributed by atoms with van der Waals surface area (Å²) in [7, 11) is 1.73. The Bertz CT molecular complexity index is 813. The molecule has 0 amide bonds. The van der Waals surface area contributed by atoms with E-state index in [4.69, 9.17) is 5.26 Å². The van der Waals surface area contributed by atoms with Crippen LogP contribution < -0.4 is 5.32 Å². The van der Waals surface area contributed by atoms with Crippen LogP contribution in [0.5, 0.6) is 0 Å². The van der Waals surface area contributed by atoms with Crippen molar-refractivity contribution >= 4 is 29.9 Å². The van der Waals surface area contributed by atoms with Gasteiger partial charge in [0.25, 0.3) is 0 Å². The number of guanidine groups is 1. The van der Waals surface area contributed by atoms with E-state index in [1.165, 1.54) is 23.3 Å². The first-order valence-electron chi connectivity index (χ1n) is 7.92. The van der Waals surface area contributed by atoms with Gasteiger partial charge in [0, 0.05) is 32.2 Å². The molecule has 0 saturated heterocycles. The van der Waals surface area contributed by atoms with E-state index in [9.17, 15) is 4.39 Å². The average Bonchev–Trinajstić information content (AvgIpc) is 2.63. The van der Waals surface area contributed by atoms with E-state index in [1.54, 1.807) is 13.1 Å². The van der Waals surface area contributed by atoms with Crippen LogP contribution in [0, 0.1) is 17.1 Å². The Hall–Kier alpha value is -2.14. The molecule has 3 rings (SSSR count). The summed E-state index contributed by atoms with van der Waals surface area (Å²) in [5, 5.41) is 12.2. The molecule has 0 radical (unpaired) electrons. The minimum absolute atomic E-state index is 0. The van der Waals surface area contributed by atoms with Crippen molar-refractivity contribution in [2.45, 2.75) is 19.5 Å². The largest absolute Gasteiger partial charge is 0.352 e. The highest BCUT2D eigenvalue weighted by Gasteiger charge is 2.18. The van der Waals surface area contributed by atoms with Crippen molar-refractivity contribution in [2.75, 3.05) is 13.6 Å². The molecule has 0 aromatic heterocycles. The zero-order chi connectivity index (χ0) is 16.9. The standard InChI is InChI=1S/C19H19FN4.HI/c1-22-19(23-12-17-10-14(11-21)6-7-18(17)20)24-9-8-15-4-2-3-5-16(15)13-24;/h2-7,10H,8-9,12-13H2,1H3,(H,22,23);1H. The molecule has 6 heteroatoms. The van der Waals surface area contributed by atoms with Crippen LogP contribution in [0.25, 0.3) is 0 Å². The minimum Gasteiger partial charge on any atom is -0.352 e. The van der Waals surface area contributed by atoms with Crippen molar-refractivity contribution in [3.05, 3.63) is 70.5 Å². The zero-order valence-corrected chi connectivity index (χ0v) is 16.3. The van der Waals surface area contributed by atoms with Crippen LogP contribution in [0.15, 0.2) is 47.5 Å². The predicted molar refractivity (Wildman–Crippen MR) is 107 cm³/mol. The van der Waals surface area contributed by atoms with Gasteiger partial charge in [-0.05, 0) is 35.7 Å². The molecule has 0 aliphatic carbocycles. The fourth-order valence-electron chi connectivity index (χ4n) is 2.96. The summed E-state index contributed by atoms with van der Waals surface area (Å²) < 4.78 is 13.9. The molecule has 0 fully saturated rings. The van der Waals surface area contributed by atoms with Crippen molar-refractivity contribution in [1.29, 1.82) is 5.26 Å². The van der Waals surface area contributed by atoms with Gasteiger partial charge in [-0.25, -0.2) is 4.39 Å². The maximum Gasteiger partial charge on any atom is 0.194 e. The quantitative estimate of drug-likeness (QED) is 0.434. The molecule has 0 saturated carbocycles. The molecule has 2 aromatic carbocycles. The first-order valence-corrected chi connectivity index (χ1v) is 7.92. The lowest BCUT2D eigenvalue weighted by molar-refractivity contribution is 0.378. The Balaban J connectivity index is 0.00000225. The van der Waals surface area contributed by atoms with Gasteiger partial charge in [-0.1, -0.05) is 24.3 Å². The summed E-state index contributed by atoms with van der Waals surface area (Å²) in [6.07, 6.45) is 0.967. The molecule has 0 atom stereocenters. The number of halogens is 2. The van der Waals surface area contributed by atoms with E-state index in [1.807, 2.05) is 12.1 Å². The first kappa shape index (κ1) is 19.2. The third-order valence-corrected chi connectivity index (χ3v) is 4.25. The van der Waals surface area contributed by atoms with Crippen LogP contribution in [-0.4, -0.2) is 24.5 Å². The molecular weight excluding hydrogens is 430 g/mol. The highest BCUT2D eigenvalue weighted by molar-refractivity contribution is 14.0. The van der Waals surface area contributed by atoms with Crippen molar-refractivity contribution in [3.8, 4) is 6.07 Å². The molecule has 2 aromatic rings. The lowest BCUT2D eigenvalue weighted by Crippen LogP contribution is -2.43. The molecule has 1 heterocycles. The third-order valence-electron chi connectivity index (χ3n) is 4.25. The van der Waals surface area contributed by atoms with Crippen molar-refractivity contribution < 1.29 is 4.39 Å². The normalized spacial score (nSPS) is 13.5. The fourth-order valence-corrected chi connectivity index (χ4v) is 2.96. The molecule has 1 aliphatic rings. The number of nitrogens with zero attached hydrogens (tertiary/aromatic N) is 3. The topological polar surface area (TPSA) is 51.4 Å². The van der Waals surface area contributed by atoms with Gasteiger partial charge < -0.3 is 10.2 Å². The second kappa shape index (κ2) is 8.81. The van der Waals surface area contributed by atoms with Gasteiger partial charge in [0.2, 0.25) is 0 Å². The van der Waals surface area contributed by atoms with E-state index in [2.05, 4.69) is 33.4 Å². The lowest BCUT2D eigenvalue weighted by atomic mass is 10.0. The van der Waals surface area contributed by atoms with Crippen LogP contribution in [0.1, 0.15) is 22.3 Å². The second-order valence-corrected chi connectivity index (χ2v) is 5.76. The molecular formula is C19H20FIN4. The molecule has 4 nitrogen and oxygen atoms in total. The molecule has 130 valence electrons. The number of aliphatic imine (C=N–C) groups is 1. The number of benzene rings is 2. The number of nitriles is 1. The Morgan fingerprint density at radius 2 is 2.04 bits per heavy atom. The Morgan fingerprint density at radius 3 is 2.76 bits per heavy atom. The van der Waals surface area contributed by atoms with E-state index in [-0.39, 0.29) is 29.8 Å². The summed E-state index contributed by atoms with van der Waals surface area (Å²) in [5.41, 5.74) is 3.59. The number of fused-ring (bicyclic) bond motifs is 1. The molecule has 1 aliphatic heterocycles. The smallest absolute Gasteiger partial charge is 0.194 e. The van der Waals surface area contributed by atoms with E-state index in [0.717, 1.165) is 25.5 Å². The maximum atomic E-state index is 13.9. The van der Waals surface area contributed by atoms with Gasteiger partial charge in [0.15, 0.2) is 5.96 Å². The molecule has 25 heavy (non-hydrogen) atoms. The van der Waals surface area contributed by atoms with Crippen molar-refractivity contribution in [3.63, 3.8) is 0 Å². The highest BCUT2D eigenvalue weighted by atomic mass is 127. The van der Waals surface area contributed by atoms with Gasteiger partial charge >= 0.3 is 0 Å². The molecule has 0 spiro atoms. The third kappa shape index (κ3) is 4.48. The minimum atomic E-state index is -0.319.